The third-order valence-electron chi connectivity index (χ3n) is 4.31. The van der Waals surface area contributed by atoms with Gasteiger partial charge in [0.15, 0.2) is 5.13 Å². The van der Waals surface area contributed by atoms with Gasteiger partial charge in [-0.3, -0.25) is 14.9 Å². The molecule has 3 aromatic carbocycles. The first-order valence-electron chi connectivity index (χ1n) is 8.84. The van der Waals surface area contributed by atoms with Crippen LogP contribution in [0.15, 0.2) is 66.7 Å². The average molecular weight is 422 g/mol. The fourth-order valence-electron chi connectivity index (χ4n) is 2.89. The summed E-state index contributed by atoms with van der Waals surface area (Å²) in [5, 5.41) is 6.82. The number of hydrogen-bond donors (Lipinski definition) is 2. The van der Waals surface area contributed by atoms with E-state index in [0.29, 0.717) is 27.0 Å². The van der Waals surface area contributed by atoms with Crippen molar-refractivity contribution in [3.05, 3.63) is 88.4 Å². The molecule has 0 fully saturated rings. The standard InChI is InChI=1S/C22H16ClN3O2S/c1-13-11-17(24-20(27)15-7-9-16(23)10-8-15)12-18-19(13)25-22(29-18)26-21(28)14-5-3-2-4-6-14/h2-12H,1H3,(H,24,27)(H,25,26,28). The second-order valence-corrected chi connectivity index (χ2v) is 7.91. The molecule has 1 aromatic heterocycles. The summed E-state index contributed by atoms with van der Waals surface area (Å²) in [5.41, 5.74) is 3.46. The molecule has 0 saturated carbocycles. The van der Waals surface area contributed by atoms with Crippen LogP contribution in [0.3, 0.4) is 0 Å². The predicted octanol–water partition coefficient (Wildman–Crippen LogP) is 5.76. The highest BCUT2D eigenvalue weighted by atomic mass is 35.5. The number of anilines is 2. The van der Waals surface area contributed by atoms with E-state index >= 15 is 0 Å². The van der Waals surface area contributed by atoms with E-state index in [-0.39, 0.29) is 11.8 Å². The van der Waals surface area contributed by atoms with Gasteiger partial charge in [0, 0.05) is 21.8 Å². The second-order valence-electron chi connectivity index (χ2n) is 6.44. The third kappa shape index (κ3) is 4.29. The summed E-state index contributed by atoms with van der Waals surface area (Å²) >= 11 is 7.23. The van der Waals surface area contributed by atoms with Gasteiger partial charge in [-0.1, -0.05) is 41.1 Å². The minimum absolute atomic E-state index is 0.210. The van der Waals surface area contributed by atoms with Crippen LogP contribution < -0.4 is 10.6 Å². The van der Waals surface area contributed by atoms with Gasteiger partial charge in [-0.05, 0) is 61.0 Å². The lowest BCUT2D eigenvalue weighted by molar-refractivity contribution is 0.101. The largest absolute Gasteiger partial charge is 0.322 e. The third-order valence-corrected chi connectivity index (χ3v) is 5.48. The Morgan fingerprint density at radius 2 is 1.55 bits per heavy atom. The van der Waals surface area contributed by atoms with Crippen molar-refractivity contribution in [2.75, 3.05) is 10.6 Å². The molecule has 7 heteroatoms. The van der Waals surface area contributed by atoms with E-state index in [1.54, 1.807) is 36.4 Å². The van der Waals surface area contributed by atoms with Gasteiger partial charge in [-0.25, -0.2) is 4.98 Å². The molecule has 144 valence electrons. The highest BCUT2D eigenvalue weighted by Gasteiger charge is 2.13. The molecule has 1 heterocycles. The van der Waals surface area contributed by atoms with Crippen molar-refractivity contribution in [2.24, 2.45) is 0 Å². The van der Waals surface area contributed by atoms with Crippen LogP contribution in [0.25, 0.3) is 10.2 Å². The zero-order valence-corrected chi connectivity index (χ0v) is 17.0. The van der Waals surface area contributed by atoms with Crippen molar-refractivity contribution in [2.45, 2.75) is 6.92 Å². The predicted molar refractivity (Wildman–Crippen MR) is 118 cm³/mol. The first kappa shape index (κ1) is 19.1. The highest BCUT2D eigenvalue weighted by molar-refractivity contribution is 7.22. The minimum atomic E-state index is -0.220. The molecule has 2 N–H and O–H groups in total. The number of nitrogens with one attached hydrogen (secondary N) is 2. The SMILES string of the molecule is Cc1cc(NC(=O)c2ccc(Cl)cc2)cc2sc(NC(=O)c3ccccc3)nc12. The van der Waals surface area contributed by atoms with E-state index in [1.807, 2.05) is 37.3 Å². The Morgan fingerprint density at radius 1 is 0.897 bits per heavy atom. The molecule has 0 saturated heterocycles. The van der Waals surface area contributed by atoms with Crippen LogP contribution in [0, 0.1) is 6.92 Å². The summed E-state index contributed by atoms with van der Waals surface area (Å²) in [6.07, 6.45) is 0. The van der Waals surface area contributed by atoms with E-state index in [0.717, 1.165) is 15.8 Å². The summed E-state index contributed by atoms with van der Waals surface area (Å²) in [6, 6.07) is 19.4. The molecule has 5 nitrogen and oxygen atoms in total. The van der Waals surface area contributed by atoms with Crippen LogP contribution in [0.5, 0.6) is 0 Å². The lowest BCUT2D eigenvalue weighted by Crippen LogP contribution is -2.11. The summed E-state index contributed by atoms with van der Waals surface area (Å²) in [5.74, 6) is -0.430. The number of nitrogens with zero attached hydrogens (tertiary/aromatic N) is 1. The number of carbonyl (C=O) groups excluding carboxylic acids is 2. The van der Waals surface area contributed by atoms with Crippen molar-refractivity contribution >= 4 is 55.8 Å². The number of amides is 2. The normalized spacial score (nSPS) is 10.7. The Bertz CT molecular complexity index is 1200. The van der Waals surface area contributed by atoms with Crippen LogP contribution >= 0.6 is 22.9 Å². The van der Waals surface area contributed by atoms with Crippen molar-refractivity contribution in [3.63, 3.8) is 0 Å². The van der Waals surface area contributed by atoms with Crippen LogP contribution in [-0.4, -0.2) is 16.8 Å². The fraction of sp³-hybridized carbons (Fsp3) is 0.0455. The van der Waals surface area contributed by atoms with Gasteiger partial charge >= 0.3 is 0 Å². The zero-order valence-electron chi connectivity index (χ0n) is 15.4. The monoisotopic (exact) mass is 421 g/mol. The summed E-state index contributed by atoms with van der Waals surface area (Å²) in [6.45, 7) is 1.92. The van der Waals surface area contributed by atoms with Crippen LogP contribution in [0.2, 0.25) is 5.02 Å². The van der Waals surface area contributed by atoms with E-state index in [9.17, 15) is 9.59 Å². The number of rotatable bonds is 4. The van der Waals surface area contributed by atoms with Crippen molar-refractivity contribution in [1.29, 1.82) is 0 Å². The van der Waals surface area contributed by atoms with Crippen molar-refractivity contribution < 1.29 is 9.59 Å². The van der Waals surface area contributed by atoms with Crippen molar-refractivity contribution in [1.82, 2.24) is 4.98 Å². The van der Waals surface area contributed by atoms with E-state index < -0.39 is 0 Å². The molecule has 29 heavy (non-hydrogen) atoms. The highest BCUT2D eigenvalue weighted by Crippen LogP contribution is 2.31. The second kappa shape index (κ2) is 8.03. The molecule has 0 bridgehead atoms. The Labute approximate surface area is 176 Å². The van der Waals surface area contributed by atoms with Gasteiger partial charge in [0.25, 0.3) is 11.8 Å². The molecule has 0 spiro atoms. The molecule has 0 radical (unpaired) electrons. The fourth-order valence-corrected chi connectivity index (χ4v) is 3.99. The number of halogens is 1. The molecular weight excluding hydrogens is 406 g/mol. The maximum atomic E-state index is 12.5. The maximum absolute atomic E-state index is 12.5. The smallest absolute Gasteiger partial charge is 0.257 e. The topological polar surface area (TPSA) is 71.1 Å². The molecule has 4 aromatic rings. The Kier molecular flexibility index (Phi) is 5.29. The Hall–Kier alpha value is -3.22. The lowest BCUT2D eigenvalue weighted by atomic mass is 10.1. The van der Waals surface area contributed by atoms with Crippen LogP contribution in [0.4, 0.5) is 10.8 Å². The number of fused-ring (bicyclic) bond motifs is 1. The summed E-state index contributed by atoms with van der Waals surface area (Å²) in [4.78, 5) is 29.3. The van der Waals surface area contributed by atoms with E-state index in [1.165, 1.54) is 11.3 Å². The minimum Gasteiger partial charge on any atom is -0.322 e. The Morgan fingerprint density at radius 3 is 2.28 bits per heavy atom. The number of thiazole rings is 1. The molecular formula is C22H16ClN3O2S. The molecule has 2 amide bonds. The van der Waals surface area contributed by atoms with Gasteiger partial charge in [-0.15, -0.1) is 0 Å². The van der Waals surface area contributed by atoms with E-state index in [4.69, 9.17) is 11.6 Å². The van der Waals surface area contributed by atoms with E-state index in [2.05, 4.69) is 15.6 Å². The molecule has 0 aliphatic rings. The van der Waals surface area contributed by atoms with Gasteiger partial charge in [0.2, 0.25) is 0 Å². The van der Waals surface area contributed by atoms with Crippen molar-refractivity contribution in [3.8, 4) is 0 Å². The lowest BCUT2D eigenvalue weighted by Gasteiger charge is -2.07. The first-order valence-corrected chi connectivity index (χ1v) is 10.0. The average Bonchev–Trinajstić information content (AvgIpc) is 3.12. The quantitative estimate of drug-likeness (QED) is 0.440. The molecule has 0 aliphatic carbocycles. The molecule has 4 rings (SSSR count). The van der Waals surface area contributed by atoms with Gasteiger partial charge in [0.05, 0.1) is 10.2 Å². The van der Waals surface area contributed by atoms with Gasteiger partial charge < -0.3 is 5.32 Å². The van der Waals surface area contributed by atoms with Gasteiger partial charge in [0.1, 0.15) is 0 Å². The number of aromatic nitrogens is 1. The number of aryl methyl sites for hydroxylation is 1. The molecule has 0 atom stereocenters. The van der Waals surface area contributed by atoms with Crippen LogP contribution in [0.1, 0.15) is 26.3 Å². The maximum Gasteiger partial charge on any atom is 0.257 e. The summed E-state index contributed by atoms with van der Waals surface area (Å²) < 4.78 is 0.875. The first-order chi connectivity index (χ1) is 14.0. The number of hydrogen-bond acceptors (Lipinski definition) is 4. The molecule has 0 aliphatic heterocycles. The van der Waals surface area contributed by atoms with Gasteiger partial charge in [-0.2, -0.15) is 0 Å². The summed E-state index contributed by atoms with van der Waals surface area (Å²) in [7, 11) is 0. The molecule has 0 unspecified atom stereocenters. The number of carbonyl (C=O) groups is 2. The van der Waals surface area contributed by atoms with Crippen LogP contribution in [-0.2, 0) is 0 Å². The Balaban J connectivity index is 1.56. The number of benzene rings is 3. The zero-order chi connectivity index (χ0) is 20.4.